The number of nitrogens with zero attached hydrogens (tertiary/aromatic N) is 2. The maximum Gasteiger partial charge on any atom is 0.416 e. The molecule has 28 heavy (non-hydrogen) atoms. The fourth-order valence-electron chi connectivity index (χ4n) is 2.79. The number of nitrogens with two attached hydrogens (primary N) is 1. The number of carbonyl (C=O) groups is 1. The topological polar surface area (TPSA) is 84.4 Å². The van der Waals surface area contributed by atoms with Gasteiger partial charge in [-0.25, -0.2) is 0 Å². The Kier molecular flexibility index (Phi) is 5.91. The van der Waals surface area contributed by atoms with Crippen LogP contribution in [0.4, 0.5) is 13.2 Å². The van der Waals surface area contributed by atoms with Crippen molar-refractivity contribution in [2.45, 2.75) is 31.5 Å². The number of alkyl halides is 3. The van der Waals surface area contributed by atoms with E-state index in [-0.39, 0.29) is 11.5 Å². The predicted octanol–water partition coefficient (Wildman–Crippen LogP) is 3.37. The third kappa shape index (κ3) is 5.05. The largest absolute Gasteiger partial charge is 0.416 e. The van der Waals surface area contributed by atoms with Gasteiger partial charge in [0, 0.05) is 43.2 Å². The molecule has 1 heterocycles. The van der Waals surface area contributed by atoms with Gasteiger partial charge in [-0.3, -0.25) is 4.79 Å². The first kappa shape index (κ1) is 19.8. The van der Waals surface area contributed by atoms with E-state index in [0.717, 1.165) is 37.9 Å². The van der Waals surface area contributed by atoms with Crippen LogP contribution in [0.25, 0.3) is 11.3 Å². The molecule has 6 nitrogen and oxygen atoms in total. The van der Waals surface area contributed by atoms with Gasteiger partial charge >= 0.3 is 6.18 Å². The summed E-state index contributed by atoms with van der Waals surface area (Å²) < 4.78 is 42.9. The van der Waals surface area contributed by atoms with Crippen molar-refractivity contribution >= 4 is 5.91 Å². The Balaban J connectivity index is 1.51. The molecule has 0 bridgehead atoms. The molecule has 0 unspecified atom stereocenters. The van der Waals surface area contributed by atoms with Gasteiger partial charge in [0.1, 0.15) is 0 Å². The first-order valence-electron chi connectivity index (χ1n) is 8.95. The smallest absolute Gasteiger partial charge is 0.403 e. The Morgan fingerprint density at radius 1 is 1.32 bits per heavy atom. The van der Waals surface area contributed by atoms with E-state index in [2.05, 4.69) is 15.4 Å². The molecule has 0 aliphatic heterocycles. The van der Waals surface area contributed by atoms with E-state index in [4.69, 9.17) is 10.3 Å². The molecule has 1 saturated carbocycles. The molecule has 0 atom stereocenters. The highest BCUT2D eigenvalue weighted by atomic mass is 19.4. The number of amides is 1. The predicted molar refractivity (Wildman–Crippen MR) is 96.9 cm³/mol. The van der Waals surface area contributed by atoms with Crippen molar-refractivity contribution in [3.05, 3.63) is 54.0 Å². The van der Waals surface area contributed by atoms with Crippen LogP contribution in [0, 0.1) is 0 Å². The molecule has 1 fully saturated rings. The fraction of sp³-hybridized carbons (Fsp3) is 0.368. The Morgan fingerprint density at radius 2 is 2.04 bits per heavy atom. The molecule has 1 aliphatic rings. The van der Waals surface area contributed by atoms with Gasteiger partial charge in [0.05, 0.1) is 5.56 Å². The van der Waals surface area contributed by atoms with Crippen molar-refractivity contribution in [2.75, 3.05) is 13.1 Å². The lowest BCUT2D eigenvalue weighted by Crippen LogP contribution is -2.29. The van der Waals surface area contributed by atoms with Gasteiger partial charge in [-0.1, -0.05) is 17.3 Å². The average Bonchev–Trinajstić information content (AvgIpc) is 3.39. The van der Waals surface area contributed by atoms with Crippen molar-refractivity contribution in [2.24, 2.45) is 5.73 Å². The molecule has 2 aromatic rings. The van der Waals surface area contributed by atoms with Crippen molar-refractivity contribution in [1.82, 2.24) is 15.4 Å². The quantitative estimate of drug-likeness (QED) is 0.671. The number of aromatic nitrogens is 1. The standard InChI is InChI=1S/C19H21F3N4O2/c20-19(21,22)14-4-2-13(3-5-14)17-12-16(25-28-17)18(27)24-9-1-10-26(11-8-23)15-6-7-15/h2-5,8,11-12,15H,1,6-7,9-10,23H2,(H,24,27)/b11-8-. The number of hydrogen-bond donors (Lipinski definition) is 2. The molecule has 3 N–H and O–H groups in total. The van der Waals surface area contributed by atoms with E-state index < -0.39 is 17.6 Å². The highest BCUT2D eigenvalue weighted by Gasteiger charge is 2.30. The second kappa shape index (κ2) is 8.37. The van der Waals surface area contributed by atoms with Gasteiger partial charge in [0.15, 0.2) is 11.5 Å². The van der Waals surface area contributed by atoms with Crippen molar-refractivity contribution in [3.8, 4) is 11.3 Å². The van der Waals surface area contributed by atoms with Crippen LogP contribution in [0.5, 0.6) is 0 Å². The van der Waals surface area contributed by atoms with E-state index in [1.165, 1.54) is 24.4 Å². The summed E-state index contributed by atoms with van der Waals surface area (Å²) >= 11 is 0. The minimum absolute atomic E-state index is 0.0794. The van der Waals surface area contributed by atoms with E-state index in [1.54, 1.807) is 0 Å². The van der Waals surface area contributed by atoms with Crippen LogP contribution in [0.15, 0.2) is 47.3 Å². The number of rotatable bonds is 8. The minimum atomic E-state index is -4.40. The second-order valence-corrected chi connectivity index (χ2v) is 6.57. The van der Waals surface area contributed by atoms with Crippen molar-refractivity contribution < 1.29 is 22.5 Å². The second-order valence-electron chi connectivity index (χ2n) is 6.57. The van der Waals surface area contributed by atoms with E-state index in [0.29, 0.717) is 18.2 Å². The van der Waals surface area contributed by atoms with Gasteiger partial charge in [0.25, 0.3) is 5.91 Å². The first-order valence-corrected chi connectivity index (χ1v) is 8.95. The van der Waals surface area contributed by atoms with Crippen LogP contribution < -0.4 is 11.1 Å². The van der Waals surface area contributed by atoms with Crippen LogP contribution >= 0.6 is 0 Å². The van der Waals surface area contributed by atoms with E-state index in [9.17, 15) is 18.0 Å². The summed E-state index contributed by atoms with van der Waals surface area (Å²) in [5.74, 6) is -0.166. The Labute approximate surface area is 160 Å². The molecule has 1 aromatic carbocycles. The van der Waals surface area contributed by atoms with Crippen LogP contribution in [0.2, 0.25) is 0 Å². The molecule has 0 radical (unpaired) electrons. The zero-order valence-corrected chi connectivity index (χ0v) is 15.1. The first-order chi connectivity index (χ1) is 13.4. The summed E-state index contributed by atoms with van der Waals surface area (Å²) in [7, 11) is 0. The molecule has 9 heteroatoms. The summed E-state index contributed by atoms with van der Waals surface area (Å²) in [5.41, 5.74) is 5.18. The molecule has 1 amide bonds. The van der Waals surface area contributed by atoms with E-state index in [1.807, 2.05) is 6.20 Å². The molecular weight excluding hydrogens is 373 g/mol. The Bertz CT molecular complexity index is 826. The third-order valence-electron chi connectivity index (χ3n) is 4.41. The zero-order chi connectivity index (χ0) is 20.1. The Morgan fingerprint density at radius 3 is 2.64 bits per heavy atom. The number of nitrogens with one attached hydrogen (secondary N) is 1. The molecule has 3 rings (SSSR count). The van der Waals surface area contributed by atoms with Gasteiger partial charge in [0.2, 0.25) is 0 Å². The summed E-state index contributed by atoms with van der Waals surface area (Å²) in [6.45, 7) is 1.25. The summed E-state index contributed by atoms with van der Waals surface area (Å²) in [6, 6.07) is 6.42. The maximum atomic E-state index is 12.6. The summed E-state index contributed by atoms with van der Waals surface area (Å²) in [5, 5.41) is 6.46. The summed E-state index contributed by atoms with van der Waals surface area (Å²) in [4.78, 5) is 14.3. The number of halogens is 3. The monoisotopic (exact) mass is 394 g/mol. The van der Waals surface area contributed by atoms with Crippen LogP contribution in [-0.4, -0.2) is 35.1 Å². The lowest BCUT2D eigenvalue weighted by molar-refractivity contribution is -0.137. The summed E-state index contributed by atoms with van der Waals surface area (Å²) in [6.07, 6.45) is 2.02. The van der Waals surface area contributed by atoms with Crippen molar-refractivity contribution in [1.29, 1.82) is 0 Å². The van der Waals surface area contributed by atoms with E-state index >= 15 is 0 Å². The number of benzene rings is 1. The molecule has 150 valence electrons. The normalized spacial score (nSPS) is 14.4. The van der Waals surface area contributed by atoms with Gasteiger partial charge in [-0.15, -0.1) is 0 Å². The number of carbonyl (C=O) groups excluding carboxylic acids is 1. The van der Waals surface area contributed by atoms with Crippen LogP contribution in [0.1, 0.15) is 35.3 Å². The lowest BCUT2D eigenvalue weighted by atomic mass is 10.1. The van der Waals surface area contributed by atoms with Gasteiger partial charge < -0.3 is 20.5 Å². The number of hydrogen-bond acceptors (Lipinski definition) is 5. The fourth-order valence-corrected chi connectivity index (χ4v) is 2.79. The SMILES string of the molecule is N/C=C\N(CCCNC(=O)c1cc(-c2ccc(C(F)(F)F)cc2)on1)C1CC1. The molecule has 0 saturated heterocycles. The highest BCUT2D eigenvalue weighted by Crippen LogP contribution is 2.31. The van der Waals surface area contributed by atoms with Crippen molar-refractivity contribution in [3.63, 3.8) is 0 Å². The highest BCUT2D eigenvalue weighted by molar-refractivity contribution is 5.93. The van der Waals surface area contributed by atoms with Crippen LogP contribution in [0.3, 0.4) is 0 Å². The van der Waals surface area contributed by atoms with Crippen LogP contribution in [-0.2, 0) is 6.18 Å². The molecule has 0 spiro atoms. The minimum Gasteiger partial charge on any atom is -0.403 e. The third-order valence-corrected chi connectivity index (χ3v) is 4.41. The average molecular weight is 394 g/mol. The maximum absolute atomic E-state index is 12.6. The zero-order valence-electron chi connectivity index (χ0n) is 15.1. The Hall–Kier alpha value is -2.97. The van der Waals surface area contributed by atoms with Gasteiger partial charge in [-0.2, -0.15) is 13.2 Å². The lowest BCUT2D eigenvalue weighted by Gasteiger charge is -2.19. The molecule has 1 aromatic heterocycles. The van der Waals surface area contributed by atoms with Gasteiger partial charge in [-0.05, 0) is 31.4 Å². The molecular formula is C19H21F3N4O2. The molecule has 1 aliphatic carbocycles.